The number of aliphatic hydroxyl groups is 1. The molecule has 3 nitrogen and oxygen atoms in total. The average Bonchev–Trinajstić information content (AvgIpc) is 2.62. The molecule has 1 saturated heterocycles. The quantitative estimate of drug-likeness (QED) is 0.739. The maximum atomic E-state index is 9.12. The Balaban J connectivity index is 2.35. The summed E-state index contributed by atoms with van der Waals surface area (Å²) >= 11 is 0. The topological polar surface area (TPSA) is 47.3 Å². The maximum Gasteiger partial charge on any atom is 0.0684 e. The fraction of sp³-hybridized carbons (Fsp3) is 0.909. The number of hydrogen-bond acceptors (Lipinski definition) is 3. The number of hydrogen-bond donors (Lipinski definition) is 1. The van der Waals surface area contributed by atoms with E-state index < -0.39 is 0 Å². The van der Waals surface area contributed by atoms with Crippen LogP contribution in [0.1, 0.15) is 33.1 Å². The molecule has 0 amide bonds. The Hall–Kier alpha value is -0.590. The van der Waals surface area contributed by atoms with Crippen molar-refractivity contribution in [3.63, 3.8) is 0 Å². The van der Waals surface area contributed by atoms with Gasteiger partial charge in [-0.3, -0.25) is 4.90 Å². The van der Waals surface area contributed by atoms with Crippen LogP contribution in [0.2, 0.25) is 0 Å². The van der Waals surface area contributed by atoms with Crippen LogP contribution in [0.15, 0.2) is 0 Å². The molecule has 1 aliphatic rings. The Kier molecular flexibility index (Phi) is 3.91. The lowest BCUT2D eigenvalue weighted by Crippen LogP contribution is -2.34. The molecule has 0 saturated carbocycles. The molecular weight excluding hydrogens is 176 g/mol. The second-order valence-electron chi connectivity index (χ2n) is 4.76. The van der Waals surface area contributed by atoms with E-state index in [1.165, 1.54) is 6.42 Å². The summed E-state index contributed by atoms with van der Waals surface area (Å²) in [6.07, 6.45) is 3.17. The highest BCUT2D eigenvalue weighted by atomic mass is 16.3. The van der Waals surface area contributed by atoms with Crippen LogP contribution < -0.4 is 0 Å². The summed E-state index contributed by atoms with van der Waals surface area (Å²) < 4.78 is 0. The van der Waals surface area contributed by atoms with Gasteiger partial charge in [0.1, 0.15) is 0 Å². The summed E-state index contributed by atoms with van der Waals surface area (Å²) in [7, 11) is 0. The molecule has 0 unspecified atom stereocenters. The zero-order valence-electron chi connectivity index (χ0n) is 9.16. The lowest BCUT2D eigenvalue weighted by Gasteiger charge is -2.25. The van der Waals surface area contributed by atoms with Gasteiger partial charge in [-0.15, -0.1) is 0 Å². The predicted octanol–water partition coefficient (Wildman–Crippen LogP) is 1.38. The van der Waals surface area contributed by atoms with Crippen LogP contribution in [-0.4, -0.2) is 35.7 Å². The molecule has 1 aliphatic heterocycles. The first-order valence-electron chi connectivity index (χ1n) is 5.35. The molecule has 0 aliphatic carbocycles. The van der Waals surface area contributed by atoms with Gasteiger partial charge in [0.25, 0.3) is 0 Å². The van der Waals surface area contributed by atoms with Crippen LogP contribution in [0.3, 0.4) is 0 Å². The summed E-state index contributed by atoms with van der Waals surface area (Å²) in [5, 5.41) is 18.0. The van der Waals surface area contributed by atoms with Gasteiger partial charge in [-0.2, -0.15) is 5.26 Å². The molecule has 0 aromatic heterocycles. The van der Waals surface area contributed by atoms with Gasteiger partial charge in [-0.05, 0) is 39.7 Å². The lowest BCUT2D eigenvalue weighted by atomic mass is 9.91. The van der Waals surface area contributed by atoms with Crippen LogP contribution in [0.5, 0.6) is 0 Å². The maximum absolute atomic E-state index is 9.12. The first-order chi connectivity index (χ1) is 6.59. The zero-order valence-corrected chi connectivity index (χ0v) is 9.16. The highest BCUT2D eigenvalue weighted by molar-refractivity contribution is 4.93. The first-order valence-corrected chi connectivity index (χ1v) is 5.35. The number of nitrogens with zero attached hydrogens (tertiary/aromatic N) is 2. The molecule has 1 rings (SSSR count). The first kappa shape index (κ1) is 11.5. The third-order valence-corrected chi connectivity index (χ3v) is 3.04. The third-order valence-electron chi connectivity index (χ3n) is 3.04. The lowest BCUT2D eigenvalue weighted by molar-refractivity contribution is 0.149. The fourth-order valence-corrected chi connectivity index (χ4v) is 1.88. The summed E-state index contributed by atoms with van der Waals surface area (Å²) in [4.78, 5) is 2.30. The van der Waals surface area contributed by atoms with Crippen LogP contribution in [0.4, 0.5) is 0 Å². The van der Waals surface area contributed by atoms with E-state index in [0.29, 0.717) is 6.04 Å². The van der Waals surface area contributed by atoms with E-state index in [1.807, 2.05) is 13.8 Å². The van der Waals surface area contributed by atoms with Crippen molar-refractivity contribution < 1.29 is 5.11 Å². The number of rotatable bonds is 4. The SMILES string of the molecule is CC(C)(C#N)CCN1CCC[C@@H]1CO. The molecule has 0 radical (unpaired) electrons. The third kappa shape index (κ3) is 2.97. The van der Waals surface area contributed by atoms with Crippen LogP contribution in [0, 0.1) is 16.7 Å². The summed E-state index contributed by atoms with van der Waals surface area (Å²) in [5.41, 5.74) is -0.234. The fourth-order valence-electron chi connectivity index (χ4n) is 1.88. The van der Waals surface area contributed by atoms with Crippen molar-refractivity contribution in [1.82, 2.24) is 4.90 Å². The van der Waals surface area contributed by atoms with Crippen molar-refractivity contribution >= 4 is 0 Å². The van der Waals surface area contributed by atoms with Crippen molar-refractivity contribution in [2.45, 2.75) is 39.2 Å². The molecule has 0 spiro atoms. The van der Waals surface area contributed by atoms with E-state index in [2.05, 4.69) is 11.0 Å². The van der Waals surface area contributed by atoms with E-state index >= 15 is 0 Å². The highest BCUT2D eigenvalue weighted by Crippen LogP contribution is 2.23. The van der Waals surface area contributed by atoms with E-state index in [1.54, 1.807) is 0 Å². The number of nitriles is 1. The van der Waals surface area contributed by atoms with Gasteiger partial charge in [0, 0.05) is 12.6 Å². The van der Waals surface area contributed by atoms with E-state index in [9.17, 15) is 0 Å². The van der Waals surface area contributed by atoms with Gasteiger partial charge in [0.05, 0.1) is 18.1 Å². The van der Waals surface area contributed by atoms with Crippen LogP contribution >= 0.6 is 0 Å². The van der Waals surface area contributed by atoms with Gasteiger partial charge in [0.2, 0.25) is 0 Å². The molecule has 1 atom stereocenters. The Labute approximate surface area is 86.3 Å². The van der Waals surface area contributed by atoms with Gasteiger partial charge < -0.3 is 5.11 Å². The van der Waals surface area contributed by atoms with Gasteiger partial charge in [-0.1, -0.05) is 0 Å². The predicted molar refractivity (Wildman–Crippen MR) is 55.7 cm³/mol. The van der Waals surface area contributed by atoms with E-state index in [-0.39, 0.29) is 12.0 Å². The second-order valence-corrected chi connectivity index (χ2v) is 4.76. The number of aliphatic hydroxyl groups excluding tert-OH is 1. The molecule has 0 bridgehead atoms. The molecule has 1 fully saturated rings. The largest absolute Gasteiger partial charge is 0.395 e. The van der Waals surface area contributed by atoms with Crippen molar-refractivity contribution in [1.29, 1.82) is 5.26 Å². The molecular formula is C11H20N2O. The number of likely N-dealkylation sites (tertiary alicyclic amines) is 1. The molecule has 3 heteroatoms. The zero-order chi connectivity index (χ0) is 10.6. The molecule has 0 aromatic rings. The van der Waals surface area contributed by atoms with Crippen LogP contribution in [0.25, 0.3) is 0 Å². The Morgan fingerprint density at radius 3 is 2.86 bits per heavy atom. The Bertz CT molecular complexity index is 220. The van der Waals surface area contributed by atoms with Gasteiger partial charge in [-0.25, -0.2) is 0 Å². The minimum absolute atomic E-state index is 0.234. The molecule has 80 valence electrons. The van der Waals surface area contributed by atoms with Crippen molar-refractivity contribution in [2.24, 2.45) is 5.41 Å². The van der Waals surface area contributed by atoms with Crippen molar-refractivity contribution in [3.8, 4) is 6.07 Å². The minimum atomic E-state index is -0.234. The van der Waals surface area contributed by atoms with E-state index in [4.69, 9.17) is 10.4 Å². The monoisotopic (exact) mass is 196 g/mol. The molecule has 1 N–H and O–H groups in total. The average molecular weight is 196 g/mol. The second kappa shape index (κ2) is 4.77. The van der Waals surface area contributed by atoms with E-state index in [0.717, 1.165) is 25.9 Å². The minimum Gasteiger partial charge on any atom is -0.395 e. The molecule has 1 heterocycles. The van der Waals surface area contributed by atoms with Crippen molar-refractivity contribution in [3.05, 3.63) is 0 Å². The van der Waals surface area contributed by atoms with Crippen molar-refractivity contribution in [2.75, 3.05) is 19.7 Å². The summed E-state index contributed by atoms with van der Waals surface area (Å²) in [6.45, 7) is 6.21. The molecule has 0 aromatic carbocycles. The normalized spacial score (nSPS) is 23.7. The standard InChI is InChI=1S/C11H20N2O/c1-11(2,9-12)5-7-13-6-3-4-10(13)8-14/h10,14H,3-8H2,1-2H3/t10-/m1/s1. The smallest absolute Gasteiger partial charge is 0.0684 e. The Morgan fingerprint density at radius 1 is 1.57 bits per heavy atom. The Morgan fingerprint density at radius 2 is 2.29 bits per heavy atom. The van der Waals surface area contributed by atoms with Gasteiger partial charge >= 0.3 is 0 Å². The highest BCUT2D eigenvalue weighted by Gasteiger charge is 2.26. The summed E-state index contributed by atoms with van der Waals surface area (Å²) in [6, 6.07) is 2.65. The molecule has 14 heavy (non-hydrogen) atoms. The summed E-state index contributed by atoms with van der Waals surface area (Å²) in [5.74, 6) is 0. The van der Waals surface area contributed by atoms with Gasteiger partial charge in [0.15, 0.2) is 0 Å². The van der Waals surface area contributed by atoms with Crippen LogP contribution in [-0.2, 0) is 0 Å².